The lowest BCUT2D eigenvalue weighted by atomic mass is 10.1. The molecule has 1 atom stereocenters. The lowest BCUT2D eigenvalue weighted by Crippen LogP contribution is -3.15. The Balaban J connectivity index is 1.31. The van der Waals surface area contributed by atoms with E-state index in [1.54, 1.807) is 0 Å². The Morgan fingerprint density at radius 1 is 1.18 bits per heavy atom. The van der Waals surface area contributed by atoms with Crippen molar-refractivity contribution in [3.63, 3.8) is 0 Å². The van der Waals surface area contributed by atoms with Gasteiger partial charge in [0.05, 0.1) is 49.4 Å². The Morgan fingerprint density at radius 2 is 1.93 bits per heavy atom. The molecule has 2 aromatic rings. The highest BCUT2D eigenvalue weighted by molar-refractivity contribution is 5.97. The van der Waals surface area contributed by atoms with E-state index in [4.69, 9.17) is 4.74 Å². The molecule has 1 fully saturated rings. The van der Waals surface area contributed by atoms with Gasteiger partial charge in [-0.05, 0) is 18.2 Å². The molecule has 2 aliphatic heterocycles. The van der Waals surface area contributed by atoms with E-state index in [-0.39, 0.29) is 11.6 Å². The standard InChI is InChI=1S/C20H22N4O4/c25-20-18(28-19-14-16(24(26)27)6-7-17(19)21-20)8-9-22-10-12-23(13-11-22)15-4-2-1-3-5-15/h1-7,14,18H,8-13H2,(H,21,25)/p+1/t18-/m0/s1. The van der Waals surface area contributed by atoms with Gasteiger partial charge in [-0.25, -0.2) is 0 Å². The van der Waals surface area contributed by atoms with Crippen molar-refractivity contribution in [3.8, 4) is 5.75 Å². The highest BCUT2D eigenvalue weighted by Gasteiger charge is 2.30. The number of anilines is 2. The number of nitrogens with zero attached hydrogens (tertiary/aromatic N) is 2. The SMILES string of the molecule is O=C1Nc2ccc([N+](=O)[O-])cc2O[C@H]1CC[NH+]1CCN(c2ccccc2)CC1. The fourth-order valence-electron chi connectivity index (χ4n) is 3.74. The molecule has 1 amide bonds. The quantitative estimate of drug-likeness (QED) is 0.596. The van der Waals surface area contributed by atoms with Crippen molar-refractivity contribution in [2.45, 2.75) is 12.5 Å². The van der Waals surface area contributed by atoms with Crippen LogP contribution in [0.25, 0.3) is 0 Å². The van der Waals surface area contributed by atoms with Crippen molar-refractivity contribution in [1.82, 2.24) is 0 Å². The summed E-state index contributed by atoms with van der Waals surface area (Å²) in [6, 6.07) is 14.6. The topological polar surface area (TPSA) is 89.1 Å². The zero-order valence-corrected chi connectivity index (χ0v) is 15.5. The summed E-state index contributed by atoms with van der Waals surface area (Å²) in [5, 5.41) is 13.7. The molecule has 0 unspecified atom stereocenters. The third-order valence-corrected chi connectivity index (χ3v) is 5.35. The molecule has 1 saturated heterocycles. The van der Waals surface area contributed by atoms with Crippen molar-refractivity contribution < 1.29 is 19.4 Å². The van der Waals surface area contributed by atoms with Gasteiger partial charge < -0.3 is 19.9 Å². The second-order valence-corrected chi connectivity index (χ2v) is 7.14. The predicted octanol–water partition coefficient (Wildman–Crippen LogP) is 1.09. The molecule has 2 aromatic carbocycles. The first kappa shape index (κ1) is 18.2. The van der Waals surface area contributed by atoms with Gasteiger partial charge in [0.25, 0.3) is 11.6 Å². The molecule has 28 heavy (non-hydrogen) atoms. The van der Waals surface area contributed by atoms with Gasteiger partial charge in [-0.3, -0.25) is 14.9 Å². The van der Waals surface area contributed by atoms with Crippen LogP contribution in [0.2, 0.25) is 0 Å². The predicted molar refractivity (Wildman–Crippen MR) is 105 cm³/mol. The van der Waals surface area contributed by atoms with Gasteiger partial charge in [-0.2, -0.15) is 0 Å². The number of nitro groups is 1. The maximum atomic E-state index is 12.3. The second kappa shape index (κ2) is 7.85. The number of piperazine rings is 1. The van der Waals surface area contributed by atoms with Gasteiger partial charge in [0.15, 0.2) is 11.9 Å². The van der Waals surface area contributed by atoms with Crippen molar-refractivity contribution in [2.75, 3.05) is 42.9 Å². The number of non-ortho nitro benzene ring substituents is 1. The average Bonchev–Trinajstić information content (AvgIpc) is 2.73. The number of carbonyl (C=O) groups is 1. The summed E-state index contributed by atoms with van der Waals surface area (Å²) in [6.07, 6.45) is -0.0385. The number of rotatable bonds is 5. The van der Waals surface area contributed by atoms with Crippen LogP contribution in [0.3, 0.4) is 0 Å². The number of ether oxygens (including phenoxy) is 1. The van der Waals surface area contributed by atoms with E-state index in [1.165, 1.54) is 28.8 Å². The lowest BCUT2D eigenvalue weighted by molar-refractivity contribution is -0.901. The van der Waals surface area contributed by atoms with Crippen LogP contribution in [0.15, 0.2) is 48.5 Å². The van der Waals surface area contributed by atoms with E-state index in [0.717, 1.165) is 32.7 Å². The fourth-order valence-corrected chi connectivity index (χ4v) is 3.74. The largest absolute Gasteiger partial charge is 0.478 e. The number of nitro benzene ring substituents is 1. The molecule has 0 bridgehead atoms. The third-order valence-electron chi connectivity index (χ3n) is 5.35. The van der Waals surface area contributed by atoms with Crippen LogP contribution >= 0.6 is 0 Å². The van der Waals surface area contributed by atoms with E-state index in [1.807, 2.05) is 6.07 Å². The van der Waals surface area contributed by atoms with Gasteiger partial charge in [0.2, 0.25) is 0 Å². The van der Waals surface area contributed by atoms with E-state index in [2.05, 4.69) is 34.5 Å². The van der Waals surface area contributed by atoms with Crippen molar-refractivity contribution in [2.24, 2.45) is 0 Å². The molecule has 4 rings (SSSR count). The molecule has 2 N–H and O–H groups in total. The number of hydrogen-bond acceptors (Lipinski definition) is 5. The summed E-state index contributed by atoms with van der Waals surface area (Å²) in [5.74, 6) is 0.173. The second-order valence-electron chi connectivity index (χ2n) is 7.14. The van der Waals surface area contributed by atoms with E-state index in [0.29, 0.717) is 17.9 Å². The Hall–Kier alpha value is -3.13. The fraction of sp³-hybridized carbons (Fsp3) is 0.350. The summed E-state index contributed by atoms with van der Waals surface area (Å²) in [7, 11) is 0. The van der Waals surface area contributed by atoms with Gasteiger partial charge in [0, 0.05) is 18.2 Å². The molecule has 0 aliphatic carbocycles. The first-order valence-electron chi connectivity index (χ1n) is 9.50. The maximum Gasteiger partial charge on any atom is 0.273 e. The monoisotopic (exact) mass is 383 g/mol. The highest BCUT2D eigenvalue weighted by Crippen LogP contribution is 2.33. The number of quaternary nitrogens is 1. The van der Waals surface area contributed by atoms with E-state index < -0.39 is 11.0 Å². The molecule has 2 aliphatic rings. The first-order chi connectivity index (χ1) is 13.6. The van der Waals surface area contributed by atoms with E-state index in [9.17, 15) is 14.9 Å². The molecular formula is C20H23N4O4+. The zero-order chi connectivity index (χ0) is 19.5. The molecule has 0 spiro atoms. The van der Waals surface area contributed by atoms with E-state index >= 15 is 0 Å². The van der Waals surface area contributed by atoms with Crippen LogP contribution in [0.1, 0.15) is 6.42 Å². The summed E-state index contributed by atoms with van der Waals surface area (Å²) in [6.45, 7) is 4.79. The molecule has 2 heterocycles. The number of amides is 1. The van der Waals surface area contributed by atoms with Crippen LogP contribution < -0.4 is 19.9 Å². The molecular weight excluding hydrogens is 360 g/mol. The summed E-state index contributed by atoms with van der Waals surface area (Å²) >= 11 is 0. The van der Waals surface area contributed by atoms with Gasteiger partial charge in [-0.1, -0.05) is 18.2 Å². The molecule has 146 valence electrons. The Morgan fingerprint density at radius 3 is 2.64 bits per heavy atom. The molecule has 8 heteroatoms. The Labute approximate surface area is 162 Å². The van der Waals surface area contributed by atoms with Crippen LogP contribution in [-0.2, 0) is 4.79 Å². The minimum atomic E-state index is -0.617. The average molecular weight is 383 g/mol. The van der Waals surface area contributed by atoms with Crippen molar-refractivity contribution in [1.29, 1.82) is 0 Å². The van der Waals surface area contributed by atoms with Crippen molar-refractivity contribution in [3.05, 3.63) is 58.6 Å². The van der Waals surface area contributed by atoms with Crippen LogP contribution in [0, 0.1) is 10.1 Å². The molecule has 8 nitrogen and oxygen atoms in total. The number of benzene rings is 2. The highest BCUT2D eigenvalue weighted by atomic mass is 16.6. The molecule has 0 saturated carbocycles. The minimum Gasteiger partial charge on any atom is -0.478 e. The first-order valence-corrected chi connectivity index (χ1v) is 9.50. The Bertz CT molecular complexity index is 866. The Kier molecular flexibility index (Phi) is 5.12. The van der Waals surface area contributed by atoms with Gasteiger partial charge >= 0.3 is 0 Å². The van der Waals surface area contributed by atoms with Crippen LogP contribution in [0.4, 0.5) is 17.1 Å². The molecule has 0 radical (unpaired) electrons. The van der Waals surface area contributed by atoms with Gasteiger partial charge in [-0.15, -0.1) is 0 Å². The number of hydrogen-bond donors (Lipinski definition) is 2. The summed E-state index contributed by atoms with van der Waals surface area (Å²) < 4.78 is 5.78. The summed E-state index contributed by atoms with van der Waals surface area (Å²) in [5.41, 5.74) is 1.68. The normalized spacial score (nSPS) is 19.5. The maximum absolute atomic E-state index is 12.3. The summed E-state index contributed by atoms with van der Waals surface area (Å²) in [4.78, 5) is 26.6. The number of carbonyl (C=O) groups excluding carboxylic acids is 1. The van der Waals surface area contributed by atoms with Crippen LogP contribution in [0.5, 0.6) is 5.75 Å². The zero-order valence-electron chi connectivity index (χ0n) is 15.5. The lowest BCUT2D eigenvalue weighted by Gasteiger charge is -2.34. The molecule has 0 aromatic heterocycles. The van der Waals surface area contributed by atoms with Crippen LogP contribution in [-0.4, -0.2) is 49.7 Å². The van der Waals surface area contributed by atoms with Gasteiger partial charge in [0.1, 0.15) is 0 Å². The van der Waals surface area contributed by atoms with Crippen molar-refractivity contribution >= 4 is 23.0 Å². The third kappa shape index (κ3) is 3.91. The number of para-hydroxylation sites is 1. The smallest absolute Gasteiger partial charge is 0.273 e. The number of fused-ring (bicyclic) bond motifs is 1. The minimum absolute atomic E-state index is 0.0451. The number of nitrogens with one attached hydrogen (secondary N) is 2.